The molecule has 2 aliphatic heterocycles. The Morgan fingerprint density at radius 3 is 2.06 bits per heavy atom. The first-order valence-corrected chi connectivity index (χ1v) is 15.9. The predicted molar refractivity (Wildman–Crippen MR) is 168 cm³/mol. The zero-order chi connectivity index (χ0) is 33.8. The molecular formula is C37H35F5N2O4. The van der Waals surface area contributed by atoms with Gasteiger partial charge in [0.1, 0.15) is 5.56 Å². The number of carbonyl (C=O) groups excluding carboxylic acids is 1. The van der Waals surface area contributed by atoms with Crippen LogP contribution in [0.2, 0.25) is 0 Å². The summed E-state index contributed by atoms with van der Waals surface area (Å²) in [4.78, 5) is 15.0. The fourth-order valence-electron chi connectivity index (χ4n) is 6.31. The molecule has 6 nitrogen and oxygen atoms in total. The number of hydrogen-bond acceptors (Lipinski definition) is 5. The van der Waals surface area contributed by atoms with Crippen LogP contribution in [0.3, 0.4) is 0 Å². The highest BCUT2D eigenvalue weighted by Gasteiger charge is 2.34. The number of piperidine rings is 1. The summed E-state index contributed by atoms with van der Waals surface area (Å²) >= 11 is 0. The van der Waals surface area contributed by atoms with E-state index in [0.29, 0.717) is 17.5 Å². The Labute approximate surface area is 275 Å². The van der Waals surface area contributed by atoms with Crippen LogP contribution < -0.4 is 5.32 Å². The van der Waals surface area contributed by atoms with Crippen molar-refractivity contribution in [2.24, 2.45) is 0 Å². The van der Waals surface area contributed by atoms with E-state index in [9.17, 15) is 31.9 Å². The first-order valence-electron chi connectivity index (χ1n) is 15.9. The number of aliphatic hydroxyl groups is 1. The maximum atomic E-state index is 14.2. The number of carbonyl (C=O) groups is 1. The van der Waals surface area contributed by atoms with Gasteiger partial charge < -0.3 is 24.8 Å². The van der Waals surface area contributed by atoms with Crippen molar-refractivity contribution in [3.63, 3.8) is 0 Å². The third-order valence-corrected chi connectivity index (χ3v) is 8.91. The number of halogens is 5. The van der Waals surface area contributed by atoms with Gasteiger partial charge in [-0.25, -0.2) is 22.0 Å². The highest BCUT2D eigenvalue weighted by Crippen LogP contribution is 2.39. The second-order valence-corrected chi connectivity index (χ2v) is 12.1. The molecule has 4 aromatic carbocycles. The normalized spacial score (nSPS) is 20.1. The van der Waals surface area contributed by atoms with E-state index < -0.39 is 46.8 Å². The van der Waals surface area contributed by atoms with Gasteiger partial charge in [-0.05, 0) is 53.7 Å². The van der Waals surface area contributed by atoms with Crippen molar-refractivity contribution >= 4 is 5.91 Å². The molecule has 48 heavy (non-hydrogen) atoms. The SMILES string of the molecule is O=C(NCc1ccccc1-c1ccc([C@H]2O[C@@H](CN3CCCCC3)C[C@@H](c3ccc(CO)cc3)O2)cc1)c1c(F)c(F)c(F)c(F)c1F. The molecule has 2 saturated heterocycles. The summed E-state index contributed by atoms with van der Waals surface area (Å²) < 4.78 is 82.2. The Morgan fingerprint density at radius 2 is 1.40 bits per heavy atom. The number of nitrogens with zero attached hydrogens (tertiary/aromatic N) is 1. The minimum Gasteiger partial charge on any atom is -0.392 e. The molecule has 2 N–H and O–H groups in total. The number of ether oxygens (including phenoxy) is 2. The Morgan fingerprint density at radius 1 is 0.771 bits per heavy atom. The molecule has 2 aliphatic rings. The lowest BCUT2D eigenvalue weighted by atomic mass is 9.97. The molecule has 252 valence electrons. The molecule has 2 fully saturated rings. The van der Waals surface area contributed by atoms with Gasteiger partial charge in [-0.15, -0.1) is 0 Å². The summed E-state index contributed by atoms with van der Waals surface area (Å²) in [6.45, 7) is 2.60. The quantitative estimate of drug-likeness (QED) is 0.110. The highest BCUT2D eigenvalue weighted by atomic mass is 19.2. The lowest BCUT2D eigenvalue weighted by Gasteiger charge is -2.39. The van der Waals surface area contributed by atoms with E-state index in [1.54, 1.807) is 24.3 Å². The van der Waals surface area contributed by atoms with Crippen LogP contribution in [-0.2, 0) is 22.6 Å². The van der Waals surface area contributed by atoms with Crippen LogP contribution in [0.1, 0.15) is 70.7 Å². The van der Waals surface area contributed by atoms with E-state index >= 15 is 0 Å². The molecule has 0 saturated carbocycles. The molecule has 0 unspecified atom stereocenters. The third kappa shape index (κ3) is 7.29. The van der Waals surface area contributed by atoms with Gasteiger partial charge in [0.25, 0.3) is 5.91 Å². The third-order valence-electron chi connectivity index (χ3n) is 8.91. The Bertz CT molecular complexity index is 1720. The molecule has 2 heterocycles. The fourth-order valence-corrected chi connectivity index (χ4v) is 6.31. The molecule has 4 aromatic rings. The van der Waals surface area contributed by atoms with Crippen LogP contribution in [0.25, 0.3) is 11.1 Å². The molecule has 0 spiro atoms. The van der Waals surface area contributed by atoms with Crippen molar-refractivity contribution in [1.29, 1.82) is 0 Å². The molecular weight excluding hydrogens is 631 g/mol. The van der Waals surface area contributed by atoms with Gasteiger partial charge in [-0.3, -0.25) is 4.79 Å². The van der Waals surface area contributed by atoms with Crippen LogP contribution >= 0.6 is 0 Å². The molecule has 0 aromatic heterocycles. The molecule has 1 amide bonds. The van der Waals surface area contributed by atoms with Crippen molar-refractivity contribution in [3.8, 4) is 11.1 Å². The average molecular weight is 667 g/mol. The zero-order valence-electron chi connectivity index (χ0n) is 26.0. The fraction of sp³-hybridized carbons (Fsp3) is 0.324. The molecule has 3 atom stereocenters. The van der Waals surface area contributed by atoms with Gasteiger partial charge in [0, 0.05) is 25.1 Å². The second kappa shape index (κ2) is 14.9. The Kier molecular flexibility index (Phi) is 10.5. The van der Waals surface area contributed by atoms with Crippen molar-refractivity contribution in [2.45, 2.75) is 57.3 Å². The molecule has 0 radical (unpaired) electrons. The minimum atomic E-state index is -2.33. The minimum absolute atomic E-state index is 0.0394. The molecule has 11 heteroatoms. The monoisotopic (exact) mass is 666 g/mol. The molecule has 0 bridgehead atoms. The molecule has 6 rings (SSSR count). The average Bonchev–Trinajstić information content (AvgIpc) is 3.13. The van der Waals surface area contributed by atoms with Crippen molar-refractivity contribution in [3.05, 3.63) is 130 Å². The topological polar surface area (TPSA) is 71.0 Å². The smallest absolute Gasteiger partial charge is 0.257 e. The van der Waals surface area contributed by atoms with E-state index in [2.05, 4.69) is 10.2 Å². The number of rotatable bonds is 9. The van der Waals surface area contributed by atoms with E-state index in [1.807, 2.05) is 48.5 Å². The standard InChI is InChI=1S/C37H35F5N2O4/c38-31-30(32(39)34(41)35(42)33(31)40)36(46)43-19-26-6-2-3-7-28(26)23-12-14-25(15-13-23)37-47-27(20-44-16-4-1-5-17-44)18-29(48-37)24-10-8-22(21-45)9-11-24/h2-3,6-15,27,29,37,45H,1,4-5,16-21H2,(H,43,46)/t27-,29+,37+/m1/s1. The van der Waals surface area contributed by atoms with Crippen LogP contribution in [0.15, 0.2) is 72.8 Å². The summed E-state index contributed by atoms with van der Waals surface area (Å²) in [6, 6.07) is 22.2. The number of amides is 1. The number of likely N-dealkylation sites (tertiary alicyclic amines) is 1. The maximum absolute atomic E-state index is 14.2. The van der Waals surface area contributed by atoms with Crippen molar-refractivity contribution < 1.29 is 41.3 Å². The van der Waals surface area contributed by atoms with Gasteiger partial charge in [0.2, 0.25) is 5.82 Å². The van der Waals surface area contributed by atoms with Crippen LogP contribution in [-0.4, -0.2) is 41.7 Å². The summed E-state index contributed by atoms with van der Waals surface area (Å²) in [5.74, 6) is -12.5. The first kappa shape index (κ1) is 33.7. The molecule has 0 aliphatic carbocycles. The first-order chi connectivity index (χ1) is 23.2. The van der Waals surface area contributed by atoms with E-state index in [0.717, 1.165) is 41.9 Å². The maximum Gasteiger partial charge on any atom is 0.257 e. The Balaban J connectivity index is 1.19. The van der Waals surface area contributed by atoms with Gasteiger partial charge >= 0.3 is 0 Å². The van der Waals surface area contributed by atoms with Crippen LogP contribution in [0.5, 0.6) is 0 Å². The van der Waals surface area contributed by atoms with Gasteiger partial charge in [0.15, 0.2) is 29.6 Å². The largest absolute Gasteiger partial charge is 0.392 e. The van der Waals surface area contributed by atoms with Crippen LogP contribution in [0, 0.1) is 29.1 Å². The van der Waals surface area contributed by atoms with E-state index in [4.69, 9.17) is 9.47 Å². The lowest BCUT2D eigenvalue weighted by Crippen LogP contribution is -2.41. The Hall–Kier alpha value is -4.16. The summed E-state index contributed by atoms with van der Waals surface area (Å²) in [5.41, 5.74) is 3.09. The number of benzene rings is 4. The van der Waals surface area contributed by atoms with Gasteiger partial charge in [-0.1, -0.05) is 79.2 Å². The van der Waals surface area contributed by atoms with Crippen LogP contribution in [0.4, 0.5) is 22.0 Å². The van der Waals surface area contributed by atoms with E-state index in [1.165, 1.54) is 19.3 Å². The number of nitrogens with one attached hydrogen (secondary N) is 1. The van der Waals surface area contributed by atoms with Crippen molar-refractivity contribution in [2.75, 3.05) is 19.6 Å². The lowest BCUT2D eigenvalue weighted by molar-refractivity contribution is -0.253. The number of aliphatic hydroxyl groups excluding tert-OH is 1. The van der Waals surface area contributed by atoms with E-state index in [-0.39, 0.29) is 25.4 Å². The van der Waals surface area contributed by atoms with Gasteiger partial charge in [-0.2, -0.15) is 0 Å². The zero-order valence-corrected chi connectivity index (χ0v) is 26.0. The number of hydrogen-bond donors (Lipinski definition) is 2. The summed E-state index contributed by atoms with van der Waals surface area (Å²) in [7, 11) is 0. The summed E-state index contributed by atoms with van der Waals surface area (Å²) in [5, 5.41) is 11.8. The van der Waals surface area contributed by atoms with Gasteiger partial charge in [0.05, 0.1) is 18.8 Å². The second-order valence-electron chi connectivity index (χ2n) is 12.1. The predicted octanol–water partition coefficient (Wildman–Crippen LogP) is 7.50. The van der Waals surface area contributed by atoms with Crippen molar-refractivity contribution in [1.82, 2.24) is 10.2 Å². The summed E-state index contributed by atoms with van der Waals surface area (Å²) in [6.07, 6.45) is 3.35. The highest BCUT2D eigenvalue weighted by molar-refractivity contribution is 5.95.